The highest BCUT2D eigenvalue weighted by atomic mass is 32.1. The first-order valence-electron chi connectivity index (χ1n) is 3.07. The summed E-state index contributed by atoms with van der Waals surface area (Å²) in [5, 5.41) is 6.77. The van der Waals surface area contributed by atoms with E-state index >= 15 is 0 Å². The van der Waals surface area contributed by atoms with Gasteiger partial charge in [-0.05, 0) is 19.1 Å². The fourth-order valence-corrected chi connectivity index (χ4v) is 0.779. The summed E-state index contributed by atoms with van der Waals surface area (Å²) >= 11 is 4.91. The molecule has 0 aromatic carbocycles. The topological polar surface area (TPSA) is 24.1 Å². The molecule has 0 aromatic heterocycles. The molecule has 0 unspecified atom stereocenters. The lowest BCUT2D eigenvalue weighted by atomic mass is 10.7. The van der Waals surface area contributed by atoms with Crippen molar-refractivity contribution in [1.29, 1.82) is 0 Å². The number of allylic oxidation sites excluding steroid dienone is 2. The summed E-state index contributed by atoms with van der Waals surface area (Å²) in [7, 11) is 0. The zero-order valence-electron chi connectivity index (χ0n) is 5.40. The maximum atomic E-state index is 4.91. The van der Waals surface area contributed by atoms with E-state index in [1.54, 1.807) is 0 Å². The molecule has 0 amide bonds. The second-order valence-electron chi connectivity index (χ2n) is 1.92. The standard InChI is InChI=1S/C6H10N2S/c1-2-7-6(9)8-5-3-4-5/h3H,2,4H2,1H3,(H2,7,8,9). The number of rotatable bonds is 2. The van der Waals surface area contributed by atoms with Crippen molar-refractivity contribution in [3.8, 4) is 0 Å². The van der Waals surface area contributed by atoms with Gasteiger partial charge in [-0.1, -0.05) is 6.08 Å². The van der Waals surface area contributed by atoms with E-state index in [0.29, 0.717) is 0 Å². The lowest BCUT2D eigenvalue weighted by Gasteiger charge is -2.03. The first-order valence-corrected chi connectivity index (χ1v) is 3.47. The second-order valence-corrected chi connectivity index (χ2v) is 2.33. The van der Waals surface area contributed by atoms with Crippen molar-refractivity contribution in [1.82, 2.24) is 10.6 Å². The molecule has 0 fully saturated rings. The van der Waals surface area contributed by atoms with Crippen molar-refractivity contribution >= 4 is 17.3 Å². The van der Waals surface area contributed by atoms with Gasteiger partial charge < -0.3 is 10.6 Å². The first kappa shape index (κ1) is 6.55. The molecule has 0 bridgehead atoms. The Morgan fingerprint density at radius 1 is 1.89 bits per heavy atom. The molecule has 9 heavy (non-hydrogen) atoms. The third-order valence-electron chi connectivity index (χ3n) is 1.02. The van der Waals surface area contributed by atoms with Gasteiger partial charge in [0.2, 0.25) is 0 Å². The van der Waals surface area contributed by atoms with Crippen LogP contribution in [0.1, 0.15) is 13.3 Å². The lowest BCUT2D eigenvalue weighted by Crippen LogP contribution is -2.32. The van der Waals surface area contributed by atoms with E-state index in [2.05, 4.69) is 16.7 Å². The summed E-state index contributed by atoms with van der Waals surface area (Å²) < 4.78 is 0. The molecule has 0 aliphatic heterocycles. The van der Waals surface area contributed by atoms with Gasteiger partial charge >= 0.3 is 0 Å². The van der Waals surface area contributed by atoms with E-state index < -0.39 is 0 Å². The van der Waals surface area contributed by atoms with Crippen LogP contribution in [0.5, 0.6) is 0 Å². The van der Waals surface area contributed by atoms with Crippen molar-refractivity contribution in [2.75, 3.05) is 6.54 Å². The number of hydrogen-bond donors (Lipinski definition) is 2. The minimum atomic E-state index is 0.737. The van der Waals surface area contributed by atoms with Gasteiger partial charge in [-0.2, -0.15) is 0 Å². The maximum absolute atomic E-state index is 4.91. The summed E-state index contributed by atoms with van der Waals surface area (Å²) in [5.41, 5.74) is 1.24. The lowest BCUT2D eigenvalue weighted by molar-refractivity contribution is 0.939. The molecule has 0 saturated heterocycles. The molecule has 0 aromatic rings. The largest absolute Gasteiger partial charge is 0.363 e. The van der Waals surface area contributed by atoms with Crippen molar-refractivity contribution in [2.45, 2.75) is 13.3 Å². The molecule has 1 aliphatic rings. The highest BCUT2D eigenvalue weighted by molar-refractivity contribution is 7.80. The van der Waals surface area contributed by atoms with Crippen LogP contribution in [0.4, 0.5) is 0 Å². The molecule has 0 radical (unpaired) electrons. The van der Waals surface area contributed by atoms with Gasteiger partial charge in [0.05, 0.1) is 0 Å². The molecule has 2 N–H and O–H groups in total. The number of thiocarbonyl (C=S) groups is 1. The highest BCUT2D eigenvalue weighted by Crippen LogP contribution is 2.12. The van der Waals surface area contributed by atoms with E-state index in [1.165, 1.54) is 5.70 Å². The van der Waals surface area contributed by atoms with E-state index in [0.717, 1.165) is 18.1 Å². The zero-order chi connectivity index (χ0) is 6.69. The fourth-order valence-electron chi connectivity index (χ4n) is 0.504. The predicted octanol–water partition coefficient (Wildman–Crippen LogP) is 0.758. The second kappa shape index (κ2) is 2.82. The minimum absolute atomic E-state index is 0.737. The van der Waals surface area contributed by atoms with Crippen molar-refractivity contribution in [2.24, 2.45) is 0 Å². The predicted molar refractivity (Wildman–Crippen MR) is 42.1 cm³/mol. The Morgan fingerprint density at radius 3 is 3.00 bits per heavy atom. The van der Waals surface area contributed by atoms with Gasteiger partial charge in [0.15, 0.2) is 5.11 Å². The summed E-state index contributed by atoms with van der Waals surface area (Å²) in [6, 6.07) is 0. The molecule has 50 valence electrons. The summed E-state index contributed by atoms with van der Waals surface area (Å²) in [6.07, 6.45) is 3.18. The molecule has 2 nitrogen and oxygen atoms in total. The average Bonchev–Trinajstić information content (AvgIpc) is 2.50. The smallest absolute Gasteiger partial charge is 0.170 e. The number of nitrogens with one attached hydrogen (secondary N) is 2. The van der Waals surface area contributed by atoms with E-state index in [1.807, 2.05) is 6.92 Å². The van der Waals surface area contributed by atoms with Crippen LogP contribution >= 0.6 is 12.2 Å². The highest BCUT2D eigenvalue weighted by Gasteiger charge is 2.06. The number of hydrogen-bond acceptors (Lipinski definition) is 1. The SMILES string of the molecule is CCNC(=S)NC1=CC1. The van der Waals surface area contributed by atoms with Gasteiger partial charge in [-0.25, -0.2) is 0 Å². The third-order valence-corrected chi connectivity index (χ3v) is 1.27. The Balaban J connectivity index is 2.10. The van der Waals surface area contributed by atoms with Gasteiger partial charge in [0.25, 0.3) is 0 Å². The van der Waals surface area contributed by atoms with Crippen LogP contribution in [-0.2, 0) is 0 Å². The van der Waals surface area contributed by atoms with Gasteiger partial charge in [-0.3, -0.25) is 0 Å². The molecule has 0 spiro atoms. The monoisotopic (exact) mass is 142 g/mol. The Hall–Kier alpha value is -0.570. The van der Waals surface area contributed by atoms with E-state index in [9.17, 15) is 0 Å². The van der Waals surface area contributed by atoms with Crippen molar-refractivity contribution in [3.05, 3.63) is 11.8 Å². The quantitative estimate of drug-likeness (QED) is 0.557. The molecular formula is C6H10N2S. The molecule has 0 saturated carbocycles. The minimum Gasteiger partial charge on any atom is -0.363 e. The molecule has 3 heteroatoms. The molecule has 0 atom stereocenters. The fraction of sp³-hybridized carbons (Fsp3) is 0.500. The average molecular weight is 142 g/mol. The normalized spacial score (nSPS) is 14.1. The zero-order valence-corrected chi connectivity index (χ0v) is 6.22. The Bertz CT molecular complexity index is 151. The molecular weight excluding hydrogens is 132 g/mol. The molecule has 1 rings (SSSR count). The Morgan fingerprint density at radius 2 is 2.56 bits per heavy atom. The van der Waals surface area contributed by atoms with E-state index in [4.69, 9.17) is 12.2 Å². The summed E-state index contributed by atoms with van der Waals surface area (Å²) in [6.45, 7) is 2.91. The van der Waals surface area contributed by atoms with Crippen molar-refractivity contribution < 1.29 is 0 Å². The van der Waals surface area contributed by atoms with Crippen molar-refractivity contribution in [3.63, 3.8) is 0 Å². The Labute approximate surface area is 60.3 Å². The van der Waals surface area contributed by atoms with Crippen LogP contribution in [0.25, 0.3) is 0 Å². The van der Waals surface area contributed by atoms with Crippen LogP contribution < -0.4 is 10.6 Å². The molecule has 1 aliphatic carbocycles. The van der Waals surface area contributed by atoms with Crippen LogP contribution in [0.2, 0.25) is 0 Å². The maximum Gasteiger partial charge on any atom is 0.170 e. The third kappa shape index (κ3) is 2.46. The molecule has 0 heterocycles. The Kier molecular flexibility index (Phi) is 2.05. The first-order chi connectivity index (χ1) is 4.33. The van der Waals surface area contributed by atoms with Gasteiger partial charge in [-0.15, -0.1) is 0 Å². The van der Waals surface area contributed by atoms with Crippen LogP contribution in [-0.4, -0.2) is 11.7 Å². The summed E-state index contributed by atoms with van der Waals surface area (Å²) in [4.78, 5) is 0. The van der Waals surface area contributed by atoms with E-state index in [-0.39, 0.29) is 0 Å². The van der Waals surface area contributed by atoms with Crippen LogP contribution in [0.3, 0.4) is 0 Å². The van der Waals surface area contributed by atoms with Crippen LogP contribution in [0, 0.1) is 0 Å². The van der Waals surface area contributed by atoms with Gasteiger partial charge in [0.1, 0.15) is 0 Å². The van der Waals surface area contributed by atoms with Gasteiger partial charge in [0, 0.05) is 18.7 Å². The summed E-state index contributed by atoms with van der Waals surface area (Å²) in [5.74, 6) is 0. The van der Waals surface area contributed by atoms with Crippen LogP contribution in [0.15, 0.2) is 11.8 Å².